The zero-order chi connectivity index (χ0) is 14.2. The van der Waals surface area contributed by atoms with E-state index in [1.807, 2.05) is 16.7 Å². The summed E-state index contributed by atoms with van der Waals surface area (Å²) in [7, 11) is 0. The first-order valence-corrected chi connectivity index (χ1v) is 7.72. The van der Waals surface area contributed by atoms with Gasteiger partial charge < -0.3 is 10.6 Å². The summed E-state index contributed by atoms with van der Waals surface area (Å²) in [5.41, 5.74) is 6.56. The van der Waals surface area contributed by atoms with Crippen LogP contribution < -0.4 is 5.73 Å². The molecule has 19 heavy (non-hydrogen) atoms. The van der Waals surface area contributed by atoms with E-state index in [1.165, 1.54) is 0 Å². The van der Waals surface area contributed by atoms with Crippen molar-refractivity contribution < 1.29 is 4.79 Å². The van der Waals surface area contributed by atoms with Crippen molar-refractivity contribution in [3.05, 3.63) is 27.7 Å². The molecule has 0 atom stereocenters. The number of nitrogen functional groups attached to an aromatic ring is 1. The summed E-state index contributed by atoms with van der Waals surface area (Å²) in [5, 5.41) is 0.590. The van der Waals surface area contributed by atoms with Gasteiger partial charge in [-0.3, -0.25) is 4.79 Å². The van der Waals surface area contributed by atoms with Gasteiger partial charge in [-0.05, 0) is 26.0 Å². The van der Waals surface area contributed by atoms with E-state index < -0.39 is 0 Å². The molecule has 1 aromatic rings. The lowest BCUT2D eigenvalue weighted by Crippen LogP contribution is -2.46. The average molecular weight is 319 g/mol. The second-order valence-electron chi connectivity index (χ2n) is 5.20. The number of anilines is 1. The Morgan fingerprint density at radius 1 is 1.42 bits per heavy atom. The van der Waals surface area contributed by atoms with Crippen LogP contribution in [0.1, 0.15) is 24.2 Å². The Bertz CT molecular complexity index is 520. The number of amides is 1. The number of nitrogens with zero attached hydrogens (tertiary/aromatic N) is 1. The van der Waals surface area contributed by atoms with Gasteiger partial charge in [0, 0.05) is 29.3 Å². The Kier molecular flexibility index (Phi) is 4.23. The summed E-state index contributed by atoms with van der Waals surface area (Å²) in [6.07, 6.45) is 0. The molecule has 1 fully saturated rings. The molecule has 0 saturated carbocycles. The minimum absolute atomic E-state index is 0.0600. The van der Waals surface area contributed by atoms with Crippen molar-refractivity contribution in [2.75, 3.05) is 24.6 Å². The van der Waals surface area contributed by atoms with E-state index in [2.05, 4.69) is 13.8 Å². The molecule has 3 nitrogen and oxygen atoms in total. The molecule has 2 N–H and O–H groups in total. The van der Waals surface area contributed by atoms with E-state index in [0.29, 0.717) is 22.8 Å². The quantitative estimate of drug-likeness (QED) is 0.805. The number of carbonyl (C=O) groups excluding carboxylic acids is 1. The smallest absolute Gasteiger partial charge is 0.255 e. The first-order chi connectivity index (χ1) is 8.80. The third kappa shape index (κ3) is 3.30. The first kappa shape index (κ1) is 14.8. The monoisotopic (exact) mass is 318 g/mol. The van der Waals surface area contributed by atoms with Crippen molar-refractivity contribution >= 4 is 46.6 Å². The molecule has 1 aliphatic rings. The number of carbonyl (C=O) groups is 1. The van der Waals surface area contributed by atoms with Gasteiger partial charge in [-0.15, -0.1) is 0 Å². The summed E-state index contributed by atoms with van der Waals surface area (Å²) in [4.78, 5) is 14.3. The minimum atomic E-state index is -0.104. The molecular weight excluding hydrogens is 303 g/mol. The van der Waals surface area contributed by atoms with Gasteiger partial charge in [0.05, 0.1) is 15.6 Å². The number of benzene rings is 1. The summed E-state index contributed by atoms with van der Waals surface area (Å²) in [6.45, 7) is 5.67. The molecule has 0 aliphatic carbocycles. The van der Waals surface area contributed by atoms with Gasteiger partial charge >= 0.3 is 0 Å². The molecule has 0 aromatic heterocycles. The summed E-state index contributed by atoms with van der Waals surface area (Å²) >= 11 is 14.0. The van der Waals surface area contributed by atoms with Crippen LogP contribution >= 0.6 is 35.0 Å². The van der Waals surface area contributed by atoms with Crippen LogP contribution in [0.3, 0.4) is 0 Å². The number of nitrogens with two attached hydrogens (primary N) is 1. The second-order valence-corrected chi connectivity index (χ2v) is 7.79. The highest BCUT2D eigenvalue weighted by Gasteiger charge is 2.31. The lowest BCUT2D eigenvalue weighted by molar-refractivity contribution is 0.0748. The Morgan fingerprint density at radius 3 is 2.74 bits per heavy atom. The van der Waals surface area contributed by atoms with Gasteiger partial charge in [0.2, 0.25) is 0 Å². The third-order valence-corrected chi connectivity index (χ3v) is 5.09. The zero-order valence-corrected chi connectivity index (χ0v) is 13.2. The number of halogens is 2. The van der Waals surface area contributed by atoms with E-state index in [9.17, 15) is 4.79 Å². The zero-order valence-electron chi connectivity index (χ0n) is 10.9. The fourth-order valence-corrected chi connectivity index (χ4v) is 3.65. The van der Waals surface area contributed by atoms with Crippen molar-refractivity contribution in [3.63, 3.8) is 0 Å². The molecule has 6 heteroatoms. The van der Waals surface area contributed by atoms with Crippen LogP contribution in [0.15, 0.2) is 12.1 Å². The molecule has 1 heterocycles. The summed E-state index contributed by atoms with van der Waals surface area (Å²) in [5.74, 6) is 0.819. The van der Waals surface area contributed by atoms with Crippen molar-refractivity contribution in [1.82, 2.24) is 4.90 Å². The molecule has 0 radical (unpaired) electrons. The van der Waals surface area contributed by atoms with E-state index in [-0.39, 0.29) is 15.7 Å². The van der Waals surface area contributed by atoms with Crippen molar-refractivity contribution in [1.29, 1.82) is 0 Å². The van der Waals surface area contributed by atoms with E-state index >= 15 is 0 Å². The maximum absolute atomic E-state index is 12.5. The van der Waals surface area contributed by atoms with Crippen LogP contribution in [0.25, 0.3) is 0 Å². The molecule has 1 aliphatic heterocycles. The maximum atomic E-state index is 12.5. The highest BCUT2D eigenvalue weighted by Crippen LogP contribution is 2.33. The Balaban J connectivity index is 2.29. The Hall–Kier alpha value is -0.580. The molecule has 0 unspecified atom stereocenters. The molecule has 104 valence electrons. The van der Waals surface area contributed by atoms with Crippen molar-refractivity contribution in [2.24, 2.45) is 0 Å². The predicted octanol–water partition coefficient (Wildman–Crippen LogP) is 3.54. The molecule has 1 amide bonds. The highest BCUT2D eigenvalue weighted by atomic mass is 35.5. The topological polar surface area (TPSA) is 46.3 Å². The lowest BCUT2D eigenvalue weighted by Gasteiger charge is -2.37. The number of rotatable bonds is 1. The van der Waals surface area contributed by atoms with E-state index in [4.69, 9.17) is 28.9 Å². The van der Waals surface area contributed by atoms with Crippen LogP contribution in [0.5, 0.6) is 0 Å². The summed E-state index contributed by atoms with van der Waals surface area (Å²) < 4.78 is 0.0600. The second kappa shape index (κ2) is 5.43. The van der Waals surface area contributed by atoms with Gasteiger partial charge in [0.25, 0.3) is 5.91 Å². The fourth-order valence-electron chi connectivity index (χ4n) is 2.13. The Labute approximate surface area is 127 Å². The van der Waals surface area contributed by atoms with Gasteiger partial charge in [-0.1, -0.05) is 23.2 Å². The molecular formula is C13H16Cl2N2OS. The standard InChI is InChI=1S/C13H16Cl2N2OS/c1-13(2)7-17(3-4-19-13)12(18)9-5-8(16)6-10(14)11(9)15/h5-6H,3-4,7,16H2,1-2H3. The van der Waals surface area contributed by atoms with E-state index in [0.717, 1.165) is 12.3 Å². The molecule has 2 rings (SSSR count). The van der Waals surface area contributed by atoms with Crippen LogP contribution in [0, 0.1) is 0 Å². The largest absolute Gasteiger partial charge is 0.399 e. The molecule has 1 aromatic carbocycles. The van der Waals surface area contributed by atoms with Gasteiger partial charge in [0.1, 0.15) is 0 Å². The number of thioether (sulfide) groups is 1. The van der Waals surface area contributed by atoms with Crippen LogP contribution in [-0.2, 0) is 0 Å². The maximum Gasteiger partial charge on any atom is 0.255 e. The van der Waals surface area contributed by atoms with Crippen molar-refractivity contribution in [3.8, 4) is 0 Å². The normalized spacial score (nSPS) is 18.4. The van der Waals surface area contributed by atoms with Gasteiger partial charge in [-0.2, -0.15) is 11.8 Å². The average Bonchev–Trinajstić information content (AvgIpc) is 2.31. The first-order valence-electron chi connectivity index (χ1n) is 5.98. The van der Waals surface area contributed by atoms with Crippen molar-refractivity contribution in [2.45, 2.75) is 18.6 Å². The van der Waals surface area contributed by atoms with Crippen LogP contribution in [0.4, 0.5) is 5.69 Å². The lowest BCUT2D eigenvalue weighted by atomic mass is 10.1. The van der Waals surface area contributed by atoms with Gasteiger partial charge in [-0.25, -0.2) is 0 Å². The van der Waals surface area contributed by atoms with Crippen LogP contribution in [-0.4, -0.2) is 34.4 Å². The van der Waals surface area contributed by atoms with Gasteiger partial charge in [0.15, 0.2) is 0 Å². The van der Waals surface area contributed by atoms with E-state index in [1.54, 1.807) is 12.1 Å². The van der Waals surface area contributed by atoms with Crippen LogP contribution in [0.2, 0.25) is 10.0 Å². The minimum Gasteiger partial charge on any atom is -0.399 e. The SMILES string of the molecule is CC1(C)CN(C(=O)c2cc(N)cc(Cl)c2Cl)CCS1. The number of hydrogen-bond donors (Lipinski definition) is 1. The molecule has 0 bridgehead atoms. The summed E-state index contributed by atoms with van der Waals surface area (Å²) in [6, 6.07) is 3.14. The Morgan fingerprint density at radius 2 is 2.11 bits per heavy atom. The third-order valence-electron chi connectivity index (χ3n) is 2.99. The number of hydrogen-bond acceptors (Lipinski definition) is 3. The highest BCUT2D eigenvalue weighted by molar-refractivity contribution is 8.00. The molecule has 1 saturated heterocycles. The predicted molar refractivity (Wildman–Crippen MR) is 83.3 cm³/mol. The fraction of sp³-hybridized carbons (Fsp3) is 0.462. The molecule has 0 spiro atoms.